The number of nitrogens with zero attached hydrogens (tertiary/aromatic N) is 1. The Hall–Kier alpha value is -1.59. The molecular weight excluding hydrogens is 246 g/mol. The molecule has 5 nitrogen and oxygen atoms in total. The molecule has 2 heterocycles. The Morgan fingerprint density at radius 3 is 2.58 bits per heavy atom. The molecule has 2 aliphatic heterocycles. The number of fused-ring (bicyclic) bond motifs is 1. The number of benzene rings is 1. The normalized spacial score (nSPS) is 19.2. The molecule has 1 aromatic rings. The van der Waals surface area contributed by atoms with E-state index in [0.29, 0.717) is 50.0 Å². The van der Waals surface area contributed by atoms with Gasteiger partial charge < -0.3 is 14.2 Å². The standard InChI is InChI=1S/C14H17NO4/c16-12(10-15-3-5-17-6-4-15)11-1-2-13-14(9-11)19-8-7-18-13/h1-2,9H,3-8,10H2. The van der Waals surface area contributed by atoms with Crippen molar-refractivity contribution in [2.45, 2.75) is 0 Å². The first kappa shape index (κ1) is 12.4. The lowest BCUT2D eigenvalue weighted by Crippen LogP contribution is -2.39. The van der Waals surface area contributed by atoms with Gasteiger partial charge in [0.15, 0.2) is 17.3 Å². The third kappa shape index (κ3) is 2.88. The number of carbonyl (C=O) groups excluding carboxylic acids is 1. The van der Waals surface area contributed by atoms with E-state index in [-0.39, 0.29) is 5.78 Å². The van der Waals surface area contributed by atoms with Gasteiger partial charge in [-0.15, -0.1) is 0 Å². The van der Waals surface area contributed by atoms with Crippen molar-refractivity contribution in [2.24, 2.45) is 0 Å². The third-order valence-corrected chi connectivity index (χ3v) is 3.34. The molecule has 0 saturated carbocycles. The summed E-state index contributed by atoms with van der Waals surface area (Å²) in [7, 11) is 0. The molecule has 0 radical (unpaired) electrons. The molecular formula is C14H17NO4. The van der Waals surface area contributed by atoms with Crippen LogP contribution >= 0.6 is 0 Å². The van der Waals surface area contributed by atoms with Gasteiger partial charge in [0.25, 0.3) is 0 Å². The second kappa shape index (κ2) is 5.59. The molecule has 1 fully saturated rings. The monoisotopic (exact) mass is 263 g/mol. The highest BCUT2D eigenvalue weighted by Crippen LogP contribution is 2.30. The van der Waals surface area contributed by atoms with Crippen molar-refractivity contribution in [3.63, 3.8) is 0 Å². The minimum absolute atomic E-state index is 0.110. The Labute approximate surface area is 112 Å². The van der Waals surface area contributed by atoms with Crippen molar-refractivity contribution >= 4 is 5.78 Å². The molecule has 2 aliphatic rings. The molecule has 0 atom stereocenters. The maximum absolute atomic E-state index is 12.2. The van der Waals surface area contributed by atoms with Gasteiger partial charge in [-0.2, -0.15) is 0 Å². The second-order valence-electron chi connectivity index (χ2n) is 4.67. The number of carbonyl (C=O) groups is 1. The van der Waals surface area contributed by atoms with E-state index in [4.69, 9.17) is 14.2 Å². The summed E-state index contributed by atoms with van der Waals surface area (Å²) in [5, 5.41) is 0. The minimum Gasteiger partial charge on any atom is -0.486 e. The zero-order valence-corrected chi connectivity index (χ0v) is 10.8. The summed E-state index contributed by atoms with van der Waals surface area (Å²) in [4.78, 5) is 14.3. The van der Waals surface area contributed by atoms with E-state index >= 15 is 0 Å². The largest absolute Gasteiger partial charge is 0.486 e. The van der Waals surface area contributed by atoms with Crippen molar-refractivity contribution in [2.75, 3.05) is 46.1 Å². The summed E-state index contributed by atoms with van der Waals surface area (Å²) in [6, 6.07) is 5.38. The van der Waals surface area contributed by atoms with E-state index in [0.717, 1.165) is 13.1 Å². The number of Topliss-reactive ketones (excluding diaryl/α,β-unsaturated/α-hetero) is 1. The molecule has 0 amide bonds. The van der Waals surface area contributed by atoms with Crippen LogP contribution in [0, 0.1) is 0 Å². The van der Waals surface area contributed by atoms with Crippen molar-refractivity contribution in [3.05, 3.63) is 23.8 Å². The molecule has 5 heteroatoms. The van der Waals surface area contributed by atoms with Gasteiger partial charge in [0.05, 0.1) is 19.8 Å². The Morgan fingerprint density at radius 1 is 1.05 bits per heavy atom. The zero-order valence-electron chi connectivity index (χ0n) is 10.8. The molecule has 0 unspecified atom stereocenters. The van der Waals surface area contributed by atoms with Crippen LogP contribution in [0.5, 0.6) is 11.5 Å². The van der Waals surface area contributed by atoms with Gasteiger partial charge in [-0.1, -0.05) is 0 Å². The van der Waals surface area contributed by atoms with E-state index < -0.39 is 0 Å². The summed E-state index contributed by atoms with van der Waals surface area (Å²) in [6.07, 6.45) is 0. The molecule has 1 saturated heterocycles. The fourth-order valence-corrected chi connectivity index (χ4v) is 2.27. The predicted molar refractivity (Wildman–Crippen MR) is 69.0 cm³/mol. The van der Waals surface area contributed by atoms with Crippen LogP contribution in [0.1, 0.15) is 10.4 Å². The lowest BCUT2D eigenvalue weighted by Gasteiger charge is -2.26. The van der Waals surface area contributed by atoms with E-state index in [1.54, 1.807) is 18.2 Å². The molecule has 3 rings (SSSR count). The van der Waals surface area contributed by atoms with Gasteiger partial charge in [0.1, 0.15) is 13.2 Å². The topological polar surface area (TPSA) is 48.0 Å². The Bertz CT molecular complexity index is 469. The first-order valence-corrected chi connectivity index (χ1v) is 6.56. The second-order valence-corrected chi connectivity index (χ2v) is 4.67. The smallest absolute Gasteiger partial charge is 0.176 e. The Morgan fingerprint density at radius 2 is 1.79 bits per heavy atom. The molecule has 0 aromatic heterocycles. The van der Waals surface area contributed by atoms with Gasteiger partial charge in [-0.25, -0.2) is 0 Å². The van der Waals surface area contributed by atoms with Crippen LogP contribution in [0.15, 0.2) is 18.2 Å². The SMILES string of the molecule is O=C(CN1CCOCC1)c1ccc2c(c1)OCCO2. The van der Waals surface area contributed by atoms with Crippen LogP contribution in [0.4, 0.5) is 0 Å². The highest BCUT2D eigenvalue weighted by Gasteiger charge is 2.18. The fourth-order valence-electron chi connectivity index (χ4n) is 2.27. The molecule has 0 aliphatic carbocycles. The van der Waals surface area contributed by atoms with Gasteiger partial charge in [-0.05, 0) is 18.2 Å². The zero-order chi connectivity index (χ0) is 13.1. The lowest BCUT2D eigenvalue weighted by atomic mass is 10.1. The molecule has 1 aromatic carbocycles. The van der Waals surface area contributed by atoms with E-state index in [1.165, 1.54) is 0 Å². The number of ether oxygens (including phenoxy) is 3. The van der Waals surface area contributed by atoms with E-state index in [9.17, 15) is 4.79 Å². The average Bonchev–Trinajstić information content (AvgIpc) is 2.48. The van der Waals surface area contributed by atoms with Gasteiger partial charge in [0.2, 0.25) is 0 Å². The maximum atomic E-state index is 12.2. The molecule has 19 heavy (non-hydrogen) atoms. The number of hydrogen-bond donors (Lipinski definition) is 0. The number of rotatable bonds is 3. The van der Waals surface area contributed by atoms with Crippen molar-refractivity contribution in [1.82, 2.24) is 4.90 Å². The molecule has 0 N–H and O–H groups in total. The van der Waals surface area contributed by atoms with Gasteiger partial charge in [0, 0.05) is 18.7 Å². The van der Waals surface area contributed by atoms with Crippen LogP contribution in [-0.2, 0) is 4.74 Å². The quantitative estimate of drug-likeness (QED) is 0.761. The van der Waals surface area contributed by atoms with Crippen LogP contribution in [0.3, 0.4) is 0 Å². The lowest BCUT2D eigenvalue weighted by molar-refractivity contribution is 0.0371. The van der Waals surface area contributed by atoms with Crippen molar-refractivity contribution < 1.29 is 19.0 Å². The van der Waals surface area contributed by atoms with Crippen molar-refractivity contribution in [1.29, 1.82) is 0 Å². The van der Waals surface area contributed by atoms with Crippen molar-refractivity contribution in [3.8, 4) is 11.5 Å². The summed E-state index contributed by atoms with van der Waals surface area (Å²) in [5.41, 5.74) is 0.677. The fraction of sp³-hybridized carbons (Fsp3) is 0.500. The first-order valence-electron chi connectivity index (χ1n) is 6.56. The Balaban J connectivity index is 1.69. The van der Waals surface area contributed by atoms with Crippen LogP contribution in [-0.4, -0.2) is 56.7 Å². The number of hydrogen-bond acceptors (Lipinski definition) is 5. The average molecular weight is 263 g/mol. The van der Waals surface area contributed by atoms with E-state index in [2.05, 4.69) is 4.90 Å². The van der Waals surface area contributed by atoms with Crippen LogP contribution < -0.4 is 9.47 Å². The predicted octanol–water partition coefficient (Wildman–Crippen LogP) is 0.973. The molecule has 0 bridgehead atoms. The highest BCUT2D eigenvalue weighted by molar-refractivity contribution is 5.98. The van der Waals surface area contributed by atoms with E-state index in [1.807, 2.05) is 0 Å². The summed E-state index contributed by atoms with van der Waals surface area (Å²) < 4.78 is 16.2. The van der Waals surface area contributed by atoms with Crippen LogP contribution in [0.2, 0.25) is 0 Å². The first-order chi connectivity index (χ1) is 9.33. The summed E-state index contributed by atoms with van der Waals surface area (Å²) in [5.74, 6) is 1.49. The number of morpholine rings is 1. The summed E-state index contributed by atoms with van der Waals surface area (Å²) in [6.45, 7) is 4.57. The summed E-state index contributed by atoms with van der Waals surface area (Å²) >= 11 is 0. The molecule has 102 valence electrons. The van der Waals surface area contributed by atoms with Crippen LogP contribution in [0.25, 0.3) is 0 Å². The Kier molecular flexibility index (Phi) is 3.66. The van der Waals surface area contributed by atoms with Gasteiger partial charge in [-0.3, -0.25) is 9.69 Å². The highest BCUT2D eigenvalue weighted by atomic mass is 16.6. The van der Waals surface area contributed by atoms with Gasteiger partial charge >= 0.3 is 0 Å². The minimum atomic E-state index is 0.110. The third-order valence-electron chi connectivity index (χ3n) is 3.34. The number of ketones is 1. The molecule has 0 spiro atoms. The maximum Gasteiger partial charge on any atom is 0.176 e.